The number of hydroxylamine groups is 2. The van der Waals surface area contributed by atoms with Crippen LogP contribution in [-0.2, 0) is 11.4 Å². The van der Waals surface area contributed by atoms with E-state index in [9.17, 15) is 5.11 Å². The van der Waals surface area contributed by atoms with Crippen molar-refractivity contribution in [1.29, 1.82) is 0 Å². The predicted molar refractivity (Wildman–Crippen MR) is 66.7 cm³/mol. The maximum absolute atomic E-state index is 9.46. The third-order valence-electron chi connectivity index (χ3n) is 3.92. The smallest absolute Gasteiger partial charge is 0.0958 e. The van der Waals surface area contributed by atoms with E-state index in [1.54, 1.807) is 0 Å². The largest absolute Gasteiger partial charge is 0.389 e. The van der Waals surface area contributed by atoms with Gasteiger partial charge < -0.3 is 9.67 Å². The highest BCUT2D eigenvalue weighted by Gasteiger charge is 2.24. The van der Waals surface area contributed by atoms with Crippen LogP contribution in [0.5, 0.6) is 0 Å². The average molecular weight is 251 g/mol. The van der Waals surface area contributed by atoms with E-state index >= 15 is 0 Å². The van der Waals surface area contributed by atoms with Gasteiger partial charge in [0, 0.05) is 12.2 Å². The molecular weight excluding hydrogens is 230 g/mol. The van der Waals surface area contributed by atoms with Crippen molar-refractivity contribution in [2.45, 2.75) is 50.8 Å². The lowest BCUT2D eigenvalue weighted by Gasteiger charge is -2.25. The second kappa shape index (κ2) is 5.38. The first-order valence-electron chi connectivity index (χ1n) is 6.89. The van der Waals surface area contributed by atoms with Gasteiger partial charge in [-0.2, -0.15) is 5.06 Å². The Labute approximate surface area is 107 Å². The summed E-state index contributed by atoms with van der Waals surface area (Å²) in [7, 11) is 0. The molecule has 1 N–H and O–H groups in total. The van der Waals surface area contributed by atoms with Crippen LogP contribution in [0.1, 0.15) is 43.8 Å². The molecule has 18 heavy (non-hydrogen) atoms. The summed E-state index contributed by atoms with van der Waals surface area (Å²) >= 11 is 0. The SMILES string of the molecule is OC1CON(Cc2cncn2C2CCCCC2)C1. The van der Waals surface area contributed by atoms with E-state index < -0.39 is 0 Å². The highest BCUT2D eigenvalue weighted by molar-refractivity contribution is 5.01. The molecular formula is C13H21N3O2. The third kappa shape index (κ3) is 2.58. The minimum atomic E-state index is -0.351. The second-order valence-corrected chi connectivity index (χ2v) is 5.36. The van der Waals surface area contributed by atoms with Crippen LogP contribution in [0.4, 0.5) is 0 Å². The first kappa shape index (κ1) is 12.1. The molecule has 1 aliphatic carbocycles. The molecule has 2 heterocycles. The molecule has 1 saturated heterocycles. The van der Waals surface area contributed by atoms with Gasteiger partial charge in [0.05, 0.1) is 37.8 Å². The number of aliphatic hydroxyl groups excluding tert-OH is 1. The van der Waals surface area contributed by atoms with Crippen LogP contribution in [0.3, 0.4) is 0 Å². The Kier molecular flexibility index (Phi) is 3.63. The summed E-state index contributed by atoms with van der Waals surface area (Å²) in [5, 5.41) is 11.3. The maximum Gasteiger partial charge on any atom is 0.0958 e. The van der Waals surface area contributed by atoms with E-state index in [2.05, 4.69) is 9.55 Å². The maximum atomic E-state index is 9.46. The van der Waals surface area contributed by atoms with Crippen molar-refractivity contribution in [3.8, 4) is 0 Å². The van der Waals surface area contributed by atoms with Crippen LogP contribution in [0, 0.1) is 0 Å². The van der Waals surface area contributed by atoms with Crippen molar-refractivity contribution in [2.24, 2.45) is 0 Å². The van der Waals surface area contributed by atoms with Crippen LogP contribution in [0.15, 0.2) is 12.5 Å². The Hall–Kier alpha value is -0.910. The van der Waals surface area contributed by atoms with Gasteiger partial charge in [0.25, 0.3) is 0 Å². The molecule has 3 rings (SSSR count). The van der Waals surface area contributed by atoms with E-state index in [4.69, 9.17) is 4.84 Å². The van der Waals surface area contributed by atoms with Crippen molar-refractivity contribution in [2.75, 3.05) is 13.2 Å². The van der Waals surface area contributed by atoms with Crippen molar-refractivity contribution >= 4 is 0 Å². The number of hydrogen-bond donors (Lipinski definition) is 1. The summed E-state index contributed by atoms with van der Waals surface area (Å²) in [5.74, 6) is 0. The zero-order valence-corrected chi connectivity index (χ0v) is 10.7. The lowest BCUT2D eigenvalue weighted by molar-refractivity contribution is -0.119. The van der Waals surface area contributed by atoms with Gasteiger partial charge in [0.15, 0.2) is 0 Å². The van der Waals surface area contributed by atoms with Gasteiger partial charge in [-0.15, -0.1) is 0 Å². The number of hydrogen-bond acceptors (Lipinski definition) is 4. The third-order valence-corrected chi connectivity index (χ3v) is 3.92. The molecule has 0 radical (unpaired) electrons. The van der Waals surface area contributed by atoms with Crippen LogP contribution < -0.4 is 0 Å². The summed E-state index contributed by atoms with van der Waals surface area (Å²) in [5.41, 5.74) is 1.19. The molecule has 1 atom stereocenters. The highest BCUT2D eigenvalue weighted by atomic mass is 16.7. The molecule has 0 amide bonds. The molecule has 100 valence electrons. The molecule has 1 aromatic heterocycles. The Balaban J connectivity index is 1.67. The lowest BCUT2D eigenvalue weighted by atomic mass is 9.95. The standard InChI is InChI=1S/C13H21N3O2/c17-13-8-15(18-9-13)7-12-6-14-10-16(12)11-4-2-1-3-5-11/h6,10-11,13,17H,1-5,7-9H2. The molecule has 0 spiro atoms. The van der Waals surface area contributed by atoms with Gasteiger partial charge in [-0.1, -0.05) is 19.3 Å². The fourth-order valence-corrected chi connectivity index (χ4v) is 2.97. The number of aromatic nitrogens is 2. The summed E-state index contributed by atoms with van der Waals surface area (Å²) < 4.78 is 2.30. The summed E-state index contributed by atoms with van der Waals surface area (Å²) in [6.07, 6.45) is 10.0. The molecule has 2 aliphatic rings. The average Bonchev–Trinajstić information content (AvgIpc) is 3.00. The van der Waals surface area contributed by atoms with Crippen molar-refractivity contribution in [3.63, 3.8) is 0 Å². The van der Waals surface area contributed by atoms with Crippen LogP contribution in [0.2, 0.25) is 0 Å². The fourth-order valence-electron chi connectivity index (χ4n) is 2.97. The summed E-state index contributed by atoms with van der Waals surface area (Å²) in [6, 6.07) is 0.601. The monoisotopic (exact) mass is 251 g/mol. The Morgan fingerprint density at radius 1 is 1.33 bits per heavy atom. The van der Waals surface area contributed by atoms with Gasteiger partial charge in [-0.3, -0.25) is 4.84 Å². The van der Waals surface area contributed by atoms with Crippen LogP contribution in [-0.4, -0.2) is 39.0 Å². The van der Waals surface area contributed by atoms with Gasteiger partial charge >= 0.3 is 0 Å². The van der Waals surface area contributed by atoms with Crippen LogP contribution >= 0.6 is 0 Å². The Morgan fingerprint density at radius 2 is 2.17 bits per heavy atom. The normalized spacial score (nSPS) is 26.8. The Bertz CT molecular complexity index is 387. The molecule has 0 aromatic carbocycles. The number of β-amino-alcohol motifs (C(OH)–C–C–N with tert-alkyl or cyclic N) is 1. The van der Waals surface area contributed by atoms with Gasteiger partial charge in [-0.25, -0.2) is 4.98 Å². The molecule has 1 aliphatic heterocycles. The fraction of sp³-hybridized carbons (Fsp3) is 0.769. The van der Waals surface area contributed by atoms with E-state index in [0.29, 0.717) is 25.7 Å². The predicted octanol–water partition coefficient (Wildman–Crippen LogP) is 1.50. The quantitative estimate of drug-likeness (QED) is 0.884. The van der Waals surface area contributed by atoms with Crippen LogP contribution in [0.25, 0.3) is 0 Å². The van der Waals surface area contributed by atoms with E-state index in [-0.39, 0.29) is 6.10 Å². The zero-order valence-electron chi connectivity index (χ0n) is 10.7. The molecule has 2 fully saturated rings. The van der Waals surface area contributed by atoms with Crippen molar-refractivity contribution < 1.29 is 9.94 Å². The molecule has 1 saturated carbocycles. The molecule has 0 bridgehead atoms. The number of imidazole rings is 1. The zero-order chi connectivity index (χ0) is 12.4. The van der Waals surface area contributed by atoms with Gasteiger partial charge in [0.2, 0.25) is 0 Å². The first-order chi connectivity index (χ1) is 8.83. The van der Waals surface area contributed by atoms with Gasteiger partial charge in [-0.05, 0) is 12.8 Å². The second-order valence-electron chi connectivity index (χ2n) is 5.36. The number of aliphatic hydroxyl groups is 1. The van der Waals surface area contributed by atoms with Crippen molar-refractivity contribution in [1.82, 2.24) is 14.6 Å². The number of rotatable bonds is 3. The Morgan fingerprint density at radius 3 is 2.89 bits per heavy atom. The van der Waals surface area contributed by atoms with E-state index in [1.807, 2.05) is 17.6 Å². The minimum Gasteiger partial charge on any atom is -0.389 e. The van der Waals surface area contributed by atoms with E-state index in [0.717, 1.165) is 0 Å². The van der Waals surface area contributed by atoms with Gasteiger partial charge in [0.1, 0.15) is 0 Å². The topological polar surface area (TPSA) is 50.5 Å². The van der Waals surface area contributed by atoms with Crippen molar-refractivity contribution in [3.05, 3.63) is 18.2 Å². The summed E-state index contributed by atoms with van der Waals surface area (Å²) in [6.45, 7) is 1.72. The molecule has 5 nitrogen and oxygen atoms in total. The lowest BCUT2D eigenvalue weighted by Crippen LogP contribution is -2.23. The molecule has 1 unspecified atom stereocenters. The van der Waals surface area contributed by atoms with E-state index in [1.165, 1.54) is 37.8 Å². The highest BCUT2D eigenvalue weighted by Crippen LogP contribution is 2.29. The molecule has 5 heteroatoms. The molecule has 1 aromatic rings. The number of nitrogens with zero attached hydrogens (tertiary/aromatic N) is 3. The minimum absolute atomic E-state index is 0.351. The first-order valence-corrected chi connectivity index (χ1v) is 6.89. The summed E-state index contributed by atoms with van der Waals surface area (Å²) in [4.78, 5) is 9.70.